The molecule has 0 saturated carbocycles. The molecule has 0 saturated heterocycles. The number of nitrogens with two attached hydrogens (primary N) is 1. The first-order valence-electron chi connectivity index (χ1n) is 5.60. The molecular formula is C12H12N4O3S. The number of benzene rings is 1. The van der Waals surface area contributed by atoms with Crippen LogP contribution in [0, 0.1) is 11.8 Å². The molecule has 0 aliphatic carbocycles. The quantitative estimate of drug-likeness (QED) is 0.683. The third kappa shape index (κ3) is 2.81. The Hall–Kier alpha value is -2.32. The molecule has 0 amide bonds. The van der Waals surface area contributed by atoms with Crippen molar-refractivity contribution in [3.8, 4) is 0 Å². The van der Waals surface area contributed by atoms with Crippen molar-refractivity contribution in [2.45, 2.75) is 11.8 Å². The maximum atomic E-state index is 11.5. The number of aromatic nitrogens is 1. The molecule has 1 aromatic carbocycles. The highest BCUT2D eigenvalue weighted by Gasteiger charge is 2.21. The Kier molecular flexibility index (Phi) is 3.77. The van der Waals surface area contributed by atoms with E-state index in [4.69, 9.17) is 5.14 Å². The van der Waals surface area contributed by atoms with Crippen molar-refractivity contribution in [1.29, 1.82) is 0 Å². The van der Waals surface area contributed by atoms with Gasteiger partial charge in [-0.3, -0.25) is 4.98 Å². The molecule has 2 rings (SSSR count). The topological polar surface area (TPSA) is 106 Å². The summed E-state index contributed by atoms with van der Waals surface area (Å²) in [6.45, 7) is 1.85. The Morgan fingerprint density at radius 1 is 1.30 bits per heavy atom. The van der Waals surface area contributed by atoms with Gasteiger partial charge in [-0.15, -0.1) is 4.91 Å². The van der Waals surface area contributed by atoms with Crippen molar-refractivity contribution in [2.24, 2.45) is 10.4 Å². The van der Waals surface area contributed by atoms with E-state index in [2.05, 4.69) is 10.3 Å². The zero-order valence-electron chi connectivity index (χ0n) is 10.6. The number of aryl methyl sites for hydroxylation is 1. The molecule has 8 heteroatoms. The van der Waals surface area contributed by atoms with E-state index < -0.39 is 10.0 Å². The van der Waals surface area contributed by atoms with Gasteiger partial charge in [0, 0.05) is 12.4 Å². The second kappa shape index (κ2) is 5.35. The van der Waals surface area contributed by atoms with Crippen molar-refractivity contribution < 1.29 is 8.42 Å². The van der Waals surface area contributed by atoms with Gasteiger partial charge in [-0.25, -0.2) is 13.6 Å². The van der Waals surface area contributed by atoms with Crippen molar-refractivity contribution in [1.82, 2.24) is 4.98 Å². The highest BCUT2D eigenvalue weighted by molar-refractivity contribution is 7.89. The lowest BCUT2D eigenvalue weighted by Gasteiger charge is -2.17. The van der Waals surface area contributed by atoms with Gasteiger partial charge in [0.1, 0.15) is 4.90 Å². The largest absolute Gasteiger partial charge is 0.263 e. The monoisotopic (exact) mass is 292 g/mol. The van der Waals surface area contributed by atoms with Gasteiger partial charge in [0.2, 0.25) is 10.0 Å². The fourth-order valence-corrected chi connectivity index (χ4v) is 2.41. The van der Waals surface area contributed by atoms with Gasteiger partial charge in [0.15, 0.2) is 0 Å². The van der Waals surface area contributed by atoms with Crippen LogP contribution in [-0.4, -0.2) is 13.4 Å². The standard InChI is InChI=1S/C12H12N4O3S/c1-9-3-2-4-10(7-9)16(15-17)11-5-6-14-8-12(11)20(13,18)19/h2-8H,1H3,(H2,13,18,19). The first-order valence-corrected chi connectivity index (χ1v) is 7.15. The summed E-state index contributed by atoms with van der Waals surface area (Å²) in [5.74, 6) is 0. The highest BCUT2D eigenvalue weighted by atomic mass is 32.2. The molecule has 7 nitrogen and oxygen atoms in total. The van der Waals surface area contributed by atoms with Gasteiger partial charge in [-0.05, 0) is 30.7 Å². The lowest BCUT2D eigenvalue weighted by Crippen LogP contribution is -2.18. The van der Waals surface area contributed by atoms with E-state index in [0.29, 0.717) is 5.69 Å². The number of hydrogen-bond donors (Lipinski definition) is 1. The van der Waals surface area contributed by atoms with Gasteiger partial charge in [-0.2, -0.15) is 5.01 Å². The number of hydrogen-bond acceptors (Lipinski definition) is 5. The summed E-state index contributed by atoms with van der Waals surface area (Å²) >= 11 is 0. The van der Waals surface area contributed by atoms with E-state index in [-0.39, 0.29) is 10.6 Å². The normalized spacial score (nSPS) is 11.1. The zero-order chi connectivity index (χ0) is 14.8. The Balaban J connectivity index is 2.62. The number of primary sulfonamides is 1. The molecule has 0 aliphatic rings. The predicted molar refractivity (Wildman–Crippen MR) is 74.7 cm³/mol. The van der Waals surface area contributed by atoms with E-state index in [1.807, 2.05) is 13.0 Å². The summed E-state index contributed by atoms with van der Waals surface area (Å²) in [6.07, 6.45) is 2.44. The van der Waals surface area contributed by atoms with Crippen LogP contribution in [0.1, 0.15) is 5.56 Å². The van der Waals surface area contributed by atoms with Crippen LogP contribution in [0.4, 0.5) is 11.4 Å². The van der Waals surface area contributed by atoms with E-state index in [1.54, 1.807) is 18.2 Å². The molecule has 0 unspecified atom stereocenters. The van der Waals surface area contributed by atoms with E-state index in [9.17, 15) is 13.3 Å². The summed E-state index contributed by atoms with van der Waals surface area (Å²) in [5.41, 5.74) is 1.40. The van der Waals surface area contributed by atoms with Crippen LogP contribution in [0.5, 0.6) is 0 Å². The van der Waals surface area contributed by atoms with E-state index in [0.717, 1.165) is 16.8 Å². The minimum Gasteiger partial charge on any atom is -0.263 e. The fraction of sp³-hybridized carbons (Fsp3) is 0.0833. The average Bonchev–Trinajstić information content (AvgIpc) is 2.39. The molecule has 2 aromatic rings. The Bertz CT molecular complexity index is 746. The minimum atomic E-state index is -4.01. The Morgan fingerprint density at radius 2 is 2.05 bits per heavy atom. The maximum Gasteiger partial charge on any atom is 0.241 e. The SMILES string of the molecule is Cc1cccc(N(N=O)c2ccncc2S(N)(=O)=O)c1. The second-order valence-electron chi connectivity index (χ2n) is 4.12. The summed E-state index contributed by atoms with van der Waals surface area (Å²) in [6, 6.07) is 8.29. The molecule has 20 heavy (non-hydrogen) atoms. The lowest BCUT2D eigenvalue weighted by atomic mass is 10.2. The molecule has 104 valence electrons. The number of rotatable bonds is 4. The second-order valence-corrected chi connectivity index (χ2v) is 5.65. The van der Waals surface area contributed by atoms with Crippen LogP contribution in [0.15, 0.2) is 52.9 Å². The maximum absolute atomic E-state index is 11.5. The van der Waals surface area contributed by atoms with Gasteiger partial charge in [0.25, 0.3) is 0 Å². The number of nitroso groups, excluding NO2 is 1. The van der Waals surface area contributed by atoms with Crippen LogP contribution in [-0.2, 0) is 10.0 Å². The van der Waals surface area contributed by atoms with E-state index in [1.165, 1.54) is 12.3 Å². The number of sulfonamides is 1. The molecule has 0 atom stereocenters. The molecule has 0 radical (unpaired) electrons. The van der Waals surface area contributed by atoms with Crippen molar-refractivity contribution in [3.05, 3.63) is 53.2 Å². The van der Waals surface area contributed by atoms with Crippen LogP contribution < -0.4 is 10.1 Å². The highest BCUT2D eigenvalue weighted by Crippen LogP contribution is 2.30. The molecule has 0 bridgehead atoms. The molecule has 0 fully saturated rings. The number of nitrogens with zero attached hydrogens (tertiary/aromatic N) is 3. The lowest BCUT2D eigenvalue weighted by molar-refractivity contribution is 0.597. The fourth-order valence-electron chi connectivity index (χ4n) is 1.76. The van der Waals surface area contributed by atoms with Crippen molar-refractivity contribution in [2.75, 3.05) is 5.01 Å². The first kappa shape index (κ1) is 14.1. The molecule has 1 heterocycles. The van der Waals surface area contributed by atoms with Crippen molar-refractivity contribution in [3.63, 3.8) is 0 Å². The van der Waals surface area contributed by atoms with Gasteiger partial charge in [-0.1, -0.05) is 12.1 Å². The third-order valence-corrected chi connectivity index (χ3v) is 3.55. The first-order chi connectivity index (χ1) is 9.43. The van der Waals surface area contributed by atoms with Gasteiger partial charge in [0.05, 0.1) is 16.7 Å². The zero-order valence-corrected chi connectivity index (χ0v) is 11.4. The molecular weight excluding hydrogens is 280 g/mol. The third-order valence-electron chi connectivity index (χ3n) is 2.63. The van der Waals surface area contributed by atoms with Crippen molar-refractivity contribution >= 4 is 21.4 Å². The summed E-state index contributed by atoms with van der Waals surface area (Å²) < 4.78 is 23.1. The molecule has 0 aliphatic heterocycles. The predicted octanol–water partition coefficient (Wildman–Crippen LogP) is 1.86. The molecule has 0 spiro atoms. The summed E-state index contributed by atoms with van der Waals surface area (Å²) in [4.78, 5) is 14.6. The summed E-state index contributed by atoms with van der Waals surface area (Å²) in [7, 11) is -4.01. The average molecular weight is 292 g/mol. The Labute approximate surface area is 116 Å². The Morgan fingerprint density at radius 3 is 2.65 bits per heavy atom. The van der Waals surface area contributed by atoms with Crippen LogP contribution in [0.2, 0.25) is 0 Å². The smallest absolute Gasteiger partial charge is 0.241 e. The van der Waals surface area contributed by atoms with Crippen LogP contribution >= 0.6 is 0 Å². The van der Waals surface area contributed by atoms with Crippen LogP contribution in [0.3, 0.4) is 0 Å². The molecule has 1 aromatic heterocycles. The number of pyridine rings is 1. The van der Waals surface area contributed by atoms with Gasteiger partial charge < -0.3 is 0 Å². The number of anilines is 2. The van der Waals surface area contributed by atoms with Gasteiger partial charge >= 0.3 is 0 Å². The molecule has 2 N–H and O–H groups in total. The van der Waals surface area contributed by atoms with E-state index >= 15 is 0 Å². The van der Waals surface area contributed by atoms with Crippen LogP contribution in [0.25, 0.3) is 0 Å². The minimum absolute atomic E-state index is 0.0584. The summed E-state index contributed by atoms with van der Waals surface area (Å²) in [5, 5.41) is 8.97.